The number of esters is 3. The van der Waals surface area contributed by atoms with Crippen molar-refractivity contribution in [1.82, 2.24) is 0 Å². The molecule has 0 radical (unpaired) electrons. The predicted octanol–water partition coefficient (Wildman–Crippen LogP) is 33.6. The van der Waals surface area contributed by atoms with Gasteiger partial charge in [-0.1, -0.05) is 455 Å². The van der Waals surface area contributed by atoms with Crippen molar-refractivity contribution in [3.8, 4) is 0 Å². The second kappa shape index (κ2) is 102. The highest BCUT2D eigenvalue weighted by Crippen LogP contribution is 2.45. The zero-order chi connectivity index (χ0) is 93.5. The molecule has 0 aliphatic rings. The minimum absolute atomic E-state index is 0.1000. The van der Waals surface area contributed by atoms with E-state index < -0.39 is 91.5 Å². The van der Waals surface area contributed by atoms with Crippen LogP contribution < -0.4 is 0 Å². The van der Waals surface area contributed by atoms with E-state index in [-0.39, 0.29) is 19.3 Å². The van der Waals surface area contributed by atoms with E-state index in [1.165, 1.54) is 270 Å². The topological polar surface area (TPSA) is 231 Å². The summed E-state index contributed by atoms with van der Waals surface area (Å²) in [5.41, 5.74) is 0. The molecule has 129 heavy (non-hydrogen) atoms. The second-order valence-electron chi connectivity index (χ2n) is 35.3. The van der Waals surface area contributed by atoms with Crippen LogP contribution in [0.25, 0.3) is 0 Å². The molecule has 0 aromatic heterocycles. The van der Waals surface area contributed by atoms with Crippen LogP contribution in [0, 0.1) is 0 Å². The first-order valence-corrected chi connectivity index (χ1v) is 55.8. The Hall–Kier alpha value is -4.83. The highest BCUT2D eigenvalue weighted by Gasteiger charge is 2.30. The highest BCUT2D eigenvalue weighted by molar-refractivity contribution is 7.47. The molecule has 0 spiro atoms. The van der Waals surface area contributed by atoms with Gasteiger partial charge in [-0.25, -0.2) is 9.13 Å². The quantitative estimate of drug-likeness (QED) is 0.0146. The van der Waals surface area contributed by atoms with E-state index in [1.54, 1.807) is 0 Å². The molecule has 0 rings (SSSR count). The van der Waals surface area contributed by atoms with Crippen LogP contribution in [0.1, 0.15) is 470 Å². The maximum absolute atomic E-state index is 13.1. The summed E-state index contributed by atoms with van der Waals surface area (Å²) in [6.07, 6.45) is 133. The van der Waals surface area contributed by atoms with E-state index >= 15 is 0 Å². The van der Waals surface area contributed by atoms with E-state index in [0.29, 0.717) is 19.3 Å². The Morgan fingerprint density at radius 3 is 0.651 bits per heavy atom. The Kier molecular flexibility index (Phi) is 98.3. The van der Waals surface area contributed by atoms with Crippen LogP contribution in [-0.4, -0.2) is 95.9 Å². The molecule has 5 unspecified atom stereocenters. The standard InChI is InChI=1S/C111H194O16P2/c1-4-7-10-13-16-19-22-25-28-31-34-37-40-43-46-48-50-52-54-56-59-61-64-67-70-73-76-79-82-85-88-91-94-97-109(114)121-100-106(112)101-123-128(117,118)124-102-107(113)103-125-129(119,120)126-105-108(127-111(116)99-96-93-90-87-84-81-78-75-72-69-66-63-58-45-42-39-36-33-30-27-24-21-18-15-12-9-6-3)104-122-110(115)98-95-92-89-86-83-80-77-74-71-68-65-62-60-57-55-53-51-49-47-44-41-38-35-32-29-26-23-20-17-14-11-8-5-2/h7,10,16-21,25-30,34-39,43-47,58,106-108,112-113H,4-6,8-9,11-15,22-24,31-33,40-42,48-57,59-105H2,1-3H3,(H,117,118)(H,119,120)/b10-7-,19-16-,20-17-,21-18-,28-25-,29-26-,30-27-,37-34-,38-35-,39-36-,46-43-,47-44-,58-45-. The van der Waals surface area contributed by atoms with Crippen molar-refractivity contribution in [2.45, 2.75) is 489 Å². The molecular formula is C111H194O16P2. The zero-order valence-corrected chi connectivity index (χ0v) is 84.4. The van der Waals surface area contributed by atoms with E-state index in [2.05, 4.69) is 179 Å². The maximum Gasteiger partial charge on any atom is 0.472 e. The minimum Gasteiger partial charge on any atom is -0.463 e. The van der Waals surface area contributed by atoms with Gasteiger partial charge in [-0.15, -0.1) is 0 Å². The van der Waals surface area contributed by atoms with Gasteiger partial charge < -0.3 is 34.2 Å². The number of allylic oxidation sites excluding steroid dienone is 26. The molecule has 16 nitrogen and oxygen atoms in total. The van der Waals surface area contributed by atoms with Crippen molar-refractivity contribution in [2.24, 2.45) is 0 Å². The van der Waals surface area contributed by atoms with Crippen LogP contribution in [-0.2, 0) is 55.8 Å². The molecule has 0 saturated carbocycles. The van der Waals surface area contributed by atoms with Gasteiger partial charge in [0.2, 0.25) is 0 Å². The third kappa shape index (κ3) is 104. The van der Waals surface area contributed by atoms with Gasteiger partial charge in [0.15, 0.2) is 6.10 Å². The molecule has 0 aromatic carbocycles. The Morgan fingerprint density at radius 1 is 0.225 bits per heavy atom. The van der Waals surface area contributed by atoms with Crippen LogP contribution >= 0.6 is 15.6 Å². The molecule has 0 aromatic rings. The number of ether oxygens (including phenoxy) is 3. The predicted molar refractivity (Wildman–Crippen MR) is 546 cm³/mol. The molecule has 0 saturated heterocycles. The molecule has 0 heterocycles. The molecule has 0 amide bonds. The third-order valence-electron chi connectivity index (χ3n) is 22.7. The summed E-state index contributed by atoms with van der Waals surface area (Å²) in [6, 6.07) is 0. The third-order valence-corrected chi connectivity index (χ3v) is 24.6. The first-order valence-electron chi connectivity index (χ1n) is 52.8. The van der Waals surface area contributed by atoms with Gasteiger partial charge in [0.05, 0.1) is 26.4 Å². The number of phosphoric acid groups is 2. The molecule has 0 aliphatic carbocycles. The number of rotatable bonds is 100. The molecule has 18 heteroatoms. The van der Waals surface area contributed by atoms with E-state index in [4.69, 9.17) is 32.3 Å². The summed E-state index contributed by atoms with van der Waals surface area (Å²) in [6.45, 7) is 2.60. The molecule has 0 fully saturated rings. The molecule has 0 bridgehead atoms. The number of carbonyl (C=O) groups is 3. The van der Waals surface area contributed by atoms with Crippen molar-refractivity contribution in [3.63, 3.8) is 0 Å². The van der Waals surface area contributed by atoms with E-state index in [0.717, 1.165) is 141 Å². The van der Waals surface area contributed by atoms with E-state index in [9.17, 15) is 43.5 Å². The van der Waals surface area contributed by atoms with Gasteiger partial charge in [0, 0.05) is 19.3 Å². The van der Waals surface area contributed by atoms with Gasteiger partial charge in [0.25, 0.3) is 0 Å². The highest BCUT2D eigenvalue weighted by atomic mass is 31.2. The fourth-order valence-electron chi connectivity index (χ4n) is 14.7. The van der Waals surface area contributed by atoms with Crippen molar-refractivity contribution >= 4 is 33.6 Å². The molecule has 4 N–H and O–H groups in total. The van der Waals surface area contributed by atoms with Gasteiger partial charge in [-0.3, -0.25) is 32.5 Å². The molecular weight excluding hydrogens is 1650 g/mol. The Bertz CT molecular complexity index is 2980. The zero-order valence-electron chi connectivity index (χ0n) is 82.6. The summed E-state index contributed by atoms with van der Waals surface area (Å²) in [7, 11) is -9.82. The Labute approximate surface area is 790 Å². The molecule has 744 valence electrons. The average molecular weight is 1850 g/mol. The number of hydrogen-bond acceptors (Lipinski definition) is 14. The number of hydrogen-bond donors (Lipinski definition) is 4. The van der Waals surface area contributed by atoms with Crippen LogP contribution in [0.3, 0.4) is 0 Å². The van der Waals surface area contributed by atoms with E-state index in [1.807, 2.05) is 0 Å². The lowest BCUT2D eigenvalue weighted by molar-refractivity contribution is -0.161. The number of carbonyl (C=O) groups excluding carboxylic acids is 3. The smallest absolute Gasteiger partial charge is 0.463 e. The fraction of sp³-hybridized carbons (Fsp3) is 0.739. The Balaban J connectivity index is 4.59. The summed E-state index contributed by atoms with van der Waals surface area (Å²) < 4.78 is 61.8. The lowest BCUT2D eigenvalue weighted by atomic mass is 10.0. The van der Waals surface area contributed by atoms with Crippen LogP contribution in [0.4, 0.5) is 0 Å². The van der Waals surface area contributed by atoms with Crippen molar-refractivity contribution < 1.29 is 75.8 Å². The molecule has 0 aliphatic heterocycles. The van der Waals surface area contributed by atoms with Crippen LogP contribution in [0.2, 0.25) is 0 Å². The lowest BCUT2D eigenvalue weighted by Gasteiger charge is -2.21. The first kappa shape index (κ1) is 124. The SMILES string of the molecule is CC/C=C\C/C=C\C/C=C\C/C=C\C/C=C\CCCCCCCCCCCCCCCCCCCC(=O)OCC(O)COP(=O)(O)OCC(O)COP(=O)(O)OCC(COC(=O)CCCCCCCCCCCCCCCCCCC/C=C\C/C=C\C/C=C\C/C=C\CCCCC)OC(=O)CCCCCCCCCCCCC/C=C\C/C=C\C/C=C\C/C=C\CCCCC. The molecule has 5 atom stereocenters. The largest absolute Gasteiger partial charge is 0.472 e. The summed E-state index contributed by atoms with van der Waals surface area (Å²) in [5, 5.41) is 20.8. The van der Waals surface area contributed by atoms with Crippen molar-refractivity contribution in [2.75, 3.05) is 39.6 Å². The normalized spacial score (nSPS) is 14.3. The average Bonchev–Trinajstić information content (AvgIpc) is 0.894. The summed E-state index contributed by atoms with van der Waals surface area (Å²) >= 11 is 0. The summed E-state index contributed by atoms with van der Waals surface area (Å²) in [5.74, 6) is -1.56. The summed E-state index contributed by atoms with van der Waals surface area (Å²) in [4.78, 5) is 59.3. The van der Waals surface area contributed by atoms with Gasteiger partial charge >= 0.3 is 33.6 Å². The number of unbranched alkanes of at least 4 members (excludes halogenated alkanes) is 51. The minimum atomic E-state index is -4.95. The van der Waals surface area contributed by atoms with Crippen LogP contribution in [0.5, 0.6) is 0 Å². The first-order chi connectivity index (χ1) is 63.2. The van der Waals surface area contributed by atoms with Gasteiger partial charge in [0.1, 0.15) is 25.4 Å². The maximum atomic E-state index is 13.1. The number of phosphoric ester groups is 2. The van der Waals surface area contributed by atoms with Crippen molar-refractivity contribution in [1.29, 1.82) is 0 Å². The Morgan fingerprint density at radius 2 is 0.411 bits per heavy atom. The second-order valence-corrected chi connectivity index (χ2v) is 38.2. The lowest BCUT2D eigenvalue weighted by Crippen LogP contribution is -2.30. The number of aliphatic hydroxyl groups excluding tert-OH is 2. The van der Waals surface area contributed by atoms with Crippen molar-refractivity contribution in [3.05, 3.63) is 158 Å². The number of aliphatic hydroxyl groups is 2. The monoisotopic (exact) mass is 1850 g/mol. The van der Waals surface area contributed by atoms with Gasteiger partial charge in [-0.05, 0) is 154 Å². The van der Waals surface area contributed by atoms with Crippen LogP contribution in [0.15, 0.2) is 158 Å². The fourth-order valence-corrected chi connectivity index (χ4v) is 16.3. The van der Waals surface area contributed by atoms with Gasteiger partial charge in [-0.2, -0.15) is 0 Å².